The highest BCUT2D eigenvalue weighted by molar-refractivity contribution is 6.33. The summed E-state index contributed by atoms with van der Waals surface area (Å²) in [6, 6.07) is 11.5. The monoisotopic (exact) mass is 282 g/mol. The molecule has 2 aromatic carbocycles. The minimum Gasteiger partial charge on any atom is -0.278 e. The standard InChI is InChI=1S/C13H9Cl2FN2/c14-9-3-1-4-10(7-9)18-17-8-11-12(15)5-2-6-13(11)16/h1-8,18H/b17-8+. The number of hydrogen-bond donors (Lipinski definition) is 1. The van der Waals surface area contributed by atoms with Crippen LogP contribution < -0.4 is 5.43 Å². The van der Waals surface area contributed by atoms with Gasteiger partial charge in [0, 0.05) is 10.6 Å². The van der Waals surface area contributed by atoms with Gasteiger partial charge >= 0.3 is 0 Å². The average molecular weight is 283 g/mol. The summed E-state index contributed by atoms with van der Waals surface area (Å²) in [4.78, 5) is 0. The van der Waals surface area contributed by atoms with Crippen molar-refractivity contribution in [3.05, 3.63) is 63.9 Å². The number of hydrazone groups is 1. The van der Waals surface area contributed by atoms with Gasteiger partial charge in [0.1, 0.15) is 5.82 Å². The van der Waals surface area contributed by atoms with Crippen molar-refractivity contribution in [1.82, 2.24) is 0 Å². The van der Waals surface area contributed by atoms with E-state index >= 15 is 0 Å². The summed E-state index contributed by atoms with van der Waals surface area (Å²) in [5.41, 5.74) is 3.71. The van der Waals surface area contributed by atoms with Gasteiger partial charge in [-0.3, -0.25) is 5.43 Å². The minimum absolute atomic E-state index is 0.244. The van der Waals surface area contributed by atoms with Crippen molar-refractivity contribution in [2.24, 2.45) is 5.10 Å². The molecule has 2 aromatic rings. The second kappa shape index (κ2) is 5.85. The molecule has 2 rings (SSSR count). The second-order valence-corrected chi connectivity index (χ2v) is 4.36. The van der Waals surface area contributed by atoms with Gasteiger partial charge in [0.2, 0.25) is 0 Å². The first-order chi connectivity index (χ1) is 8.66. The van der Waals surface area contributed by atoms with Gasteiger partial charge in [-0.25, -0.2) is 4.39 Å². The lowest BCUT2D eigenvalue weighted by atomic mass is 10.2. The van der Waals surface area contributed by atoms with Crippen LogP contribution in [0.15, 0.2) is 47.6 Å². The summed E-state index contributed by atoms with van der Waals surface area (Å²) in [6.07, 6.45) is 1.33. The maximum Gasteiger partial charge on any atom is 0.133 e. The maximum atomic E-state index is 13.4. The number of anilines is 1. The average Bonchev–Trinajstić information content (AvgIpc) is 2.33. The number of hydrogen-bond acceptors (Lipinski definition) is 2. The third kappa shape index (κ3) is 3.22. The van der Waals surface area contributed by atoms with Gasteiger partial charge in [0.15, 0.2) is 0 Å². The third-order valence-electron chi connectivity index (χ3n) is 2.21. The Morgan fingerprint density at radius 2 is 1.89 bits per heavy atom. The SMILES string of the molecule is Fc1cccc(Cl)c1/C=N/Nc1cccc(Cl)c1. The Hall–Kier alpha value is -1.58. The number of nitrogens with zero attached hydrogens (tertiary/aromatic N) is 1. The van der Waals surface area contributed by atoms with Crippen LogP contribution in [0.1, 0.15) is 5.56 Å². The summed E-state index contributed by atoms with van der Waals surface area (Å²) in [5.74, 6) is -0.417. The normalized spacial score (nSPS) is 10.8. The van der Waals surface area contributed by atoms with Gasteiger partial charge < -0.3 is 0 Å². The van der Waals surface area contributed by atoms with Crippen molar-refractivity contribution in [3.8, 4) is 0 Å². The molecule has 0 spiro atoms. The van der Waals surface area contributed by atoms with Gasteiger partial charge in [-0.15, -0.1) is 0 Å². The zero-order valence-electron chi connectivity index (χ0n) is 9.20. The fraction of sp³-hybridized carbons (Fsp3) is 0. The molecule has 0 atom stereocenters. The Morgan fingerprint density at radius 3 is 2.61 bits per heavy atom. The van der Waals surface area contributed by atoms with Crippen LogP contribution in [0, 0.1) is 5.82 Å². The van der Waals surface area contributed by atoms with Crippen molar-refractivity contribution >= 4 is 35.1 Å². The van der Waals surface area contributed by atoms with Crippen molar-refractivity contribution in [2.45, 2.75) is 0 Å². The van der Waals surface area contributed by atoms with E-state index in [0.29, 0.717) is 15.7 Å². The molecule has 0 unspecified atom stereocenters. The van der Waals surface area contributed by atoms with Crippen LogP contribution in [0.25, 0.3) is 0 Å². The lowest BCUT2D eigenvalue weighted by Gasteiger charge is -2.01. The van der Waals surface area contributed by atoms with E-state index in [4.69, 9.17) is 23.2 Å². The lowest BCUT2D eigenvalue weighted by molar-refractivity contribution is 0.626. The second-order valence-electron chi connectivity index (χ2n) is 3.52. The van der Waals surface area contributed by atoms with Gasteiger partial charge in [0.05, 0.1) is 16.9 Å². The van der Waals surface area contributed by atoms with E-state index in [2.05, 4.69) is 10.5 Å². The molecule has 0 fully saturated rings. The maximum absolute atomic E-state index is 13.4. The molecule has 18 heavy (non-hydrogen) atoms. The van der Waals surface area contributed by atoms with Crippen LogP contribution >= 0.6 is 23.2 Å². The summed E-state index contributed by atoms with van der Waals surface area (Å²) in [6.45, 7) is 0. The van der Waals surface area contributed by atoms with E-state index in [1.165, 1.54) is 12.3 Å². The first-order valence-electron chi connectivity index (χ1n) is 5.15. The first kappa shape index (κ1) is 12.9. The smallest absolute Gasteiger partial charge is 0.133 e. The Labute approximate surface area is 114 Å². The predicted octanol–water partition coefficient (Wildman–Crippen LogP) is 4.58. The van der Waals surface area contributed by atoms with Crippen molar-refractivity contribution in [2.75, 3.05) is 5.43 Å². The lowest BCUT2D eigenvalue weighted by Crippen LogP contribution is -1.94. The van der Waals surface area contributed by atoms with Crippen LogP contribution in [0.2, 0.25) is 10.0 Å². The Bertz CT molecular complexity index is 565. The zero-order chi connectivity index (χ0) is 13.0. The van der Waals surface area contributed by atoms with Crippen molar-refractivity contribution < 1.29 is 4.39 Å². The predicted molar refractivity (Wildman–Crippen MR) is 74.1 cm³/mol. The summed E-state index contributed by atoms with van der Waals surface area (Å²) in [7, 11) is 0. The molecule has 0 bridgehead atoms. The number of nitrogens with one attached hydrogen (secondary N) is 1. The van der Waals surface area contributed by atoms with Crippen LogP contribution in [-0.2, 0) is 0 Å². The molecule has 2 nitrogen and oxygen atoms in total. The highest BCUT2D eigenvalue weighted by atomic mass is 35.5. The molecule has 0 aromatic heterocycles. The van der Waals surface area contributed by atoms with E-state index in [-0.39, 0.29) is 5.56 Å². The number of rotatable bonds is 3. The molecule has 0 saturated carbocycles. The molecule has 5 heteroatoms. The molecule has 0 radical (unpaired) electrons. The number of benzene rings is 2. The quantitative estimate of drug-likeness (QED) is 0.647. The Morgan fingerprint density at radius 1 is 1.11 bits per heavy atom. The number of halogens is 3. The van der Waals surface area contributed by atoms with Gasteiger partial charge in [-0.2, -0.15) is 5.10 Å². The molecule has 92 valence electrons. The van der Waals surface area contributed by atoms with Crippen molar-refractivity contribution in [3.63, 3.8) is 0 Å². The fourth-order valence-electron chi connectivity index (χ4n) is 1.36. The van der Waals surface area contributed by atoms with Gasteiger partial charge in [0.25, 0.3) is 0 Å². The van der Waals surface area contributed by atoms with Crippen molar-refractivity contribution in [1.29, 1.82) is 0 Å². The zero-order valence-corrected chi connectivity index (χ0v) is 10.7. The van der Waals surface area contributed by atoms with Crippen LogP contribution in [0.3, 0.4) is 0 Å². The molecule has 0 aliphatic rings. The van der Waals surface area contributed by atoms with E-state index in [1.54, 1.807) is 36.4 Å². The van der Waals surface area contributed by atoms with Crippen LogP contribution in [0.4, 0.5) is 10.1 Å². The van der Waals surface area contributed by atoms with E-state index in [0.717, 1.165) is 0 Å². The topological polar surface area (TPSA) is 24.4 Å². The van der Waals surface area contributed by atoms with Gasteiger partial charge in [-0.1, -0.05) is 35.3 Å². The fourth-order valence-corrected chi connectivity index (χ4v) is 1.77. The highest BCUT2D eigenvalue weighted by Gasteiger charge is 2.03. The molecule has 0 heterocycles. The Kier molecular flexibility index (Phi) is 4.18. The van der Waals surface area contributed by atoms with Crippen LogP contribution in [0.5, 0.6) is 0 Å². The van der Waals surface area contributed by atoms with Gasteiger partial charge in [-0.05, 0) is 30.3 Å². The molecule has 0 aliphatic heterocycles. The van der Waals surface area contributed by atoms with E-state index in [9.17, 15) is 4.39 Å². The van der Waals surface area contributed by atoms with E-state index < -0.39 is 5.82 Å². The summed E-state index contributed by atoms with van der Waals surface area (Å²) >= 11 is 11.7. The molecular weight excluding hydrogens is 274 g/mol. The molecule has 0 amide bonds. The third-order valence-corrected chi connectivity index (χ3v) is 2.78. The minimum atomic E-state index is -0.417. The highest BCUT2D eigenvalue weighted by Crippen LogP contribution is 2.17. The molecule has 0 aliphatic carbocycles. The molecular formula is C13H9Cl2FN2. The molecule has 0 saturated heterocycles. The molecule has 1 N–H and O–H groups in total. The largest absolute Gasteiger partial charge is 0.278 e. The van der Waals surface area contributed by atoms with E-state index in [1.807, 2.05) is 0 Å². The summed E-state index contributed by atoms with van der Waals surface area (Å²) in [5, 5.41) is 4.82. The van der Waals surface area contributed by atoms with Crippen LogP contribution in [-0.4, -0.2) is 6.21 Å². The summed E-state index contributed by atoms with van der Waals surface area (Å²) < 4.78 is 13.4. The first-order valence-corrected chi connectivity index (χ1v) is 5.91. The Balaban J connectivity index is 2.12.